The lowest BCUT2D eigenvalue weighted by Crippen LogP contribution is -2.34. The largest absolute Gasteiger partial charge is 0.493 e. The highest BCUT2D eigenvalue weighted by Crippen LogP contribution is 2.27. The monoisotopic (exact) mass is 407 g/mol. The van der Waals surface area contributed by atoms with Crippen LogP contribution in [0.1, 0.15) is 15.9 Å². The molecular weight excluding hydrogens is 386 g/mol. The minimum absolute atomic E-state index is 0.235. The fraction of sp³-hybridized carbons (Fsp3) is 0.143. The molecule has 0 radical (unpaired) electrons. The van der Waals surface area contributed by atoms with E-state index in [1.165, 1.54) is 26.5 Å². The Bertz CT molecular complexity index is 1050. The summed E-state index contributed by atoms with van der Waals surface area (Å²) in [7, 11) is 2.99. The highest BCUT2D eigenvalue weighted by molar-refractivity contribution is 5.97. The van der Waals surface area contributed by atoms with Gasteiger partial charge in [-0.3, -0.25) is 14.7 Å². The highest BCUT2D eigenvalue weighted by Gasteiger charge is 2.12. The van der Waals surface area contributed by atoms with Crippen molar-refractivity contribution in [1.29, 1.82) is 0 Å². The Morgan fingerprint density at radius 1 is 1.10 bits per heavy atom. The minimum atomic E-state index is -0.468. The number of aromatic nitrogens is 2. The maximum atomic E-state index is 12.2. The van der Waals surface area contributed by atoms with Crippen molar-refractivity contribution in [2.75, 3.05) is 20.8 Å². The number of hydrogen-bond donors (Lipinski definition) is 3. The maximum Gasteiger partial charge on any atom is 0.259 e. The molecule has 3 aromatic rings. The van der Waals surface area contributed by atoms with Gasteiger partial charge in [-0.15, -0.1) is 0 Å². The summed E-state index contributed by atoms with van der Waals surface area (Å²) in [4.78, 5) is 24.2. The normalized spacial score (nSPS) is 10.6. The maximum absolute atomic E-state index is 12.2. The second-order valence-electron chi connectivity index (χ2n) is 6.11. The summed E-state index contributed by atoms with van der Waals surface area (Å²) in [5, 5.41) is 13.4. The SMILES string of the molecule is COc1ccc(C(=O)NCC(=O)N/N=C/c2cn[nH]c2-c2ccccc2)cc1OC. The molecule has 3 N–H and O–H groups in total. The van der Waals surface area contributed by atoms with Crippen molar-refractivity contribution >= 4 is 18.0 Å². The van der Waals surface area contributed by atoms with E-state index in [0.717, 1.165) is 16.8 Å². The average molecular weight is 407 g/mol. The number of carbonyl (C=O) groups excluding carboxylic acids is 2. The van der Waals surface area contributed by atoms with E-state index in [4.69, 9.17) is 9.47 Å². The Morgan fingerprint density at radius 3 is 2.60 bits per heavy atom. The van der Waals surface area contributed by atoms with Gasteiger partial charge in [-0.1, -0.05) is 30.3 Å². The van der Waals surface area contributed by atoms with Gasteiger partial charge in [0.25, 0.3) is 11.8 Å². The van der Waals surface area contributed by atoms with E-state index in [1.807, 2.05) is 30.3 Å². The number of nitrogens with one attached hydrogen (secondary N) is 3. The van der Waals surface area contributed by atoms with E-state index in [2.05, 4.69) is 26.0 Å². The number of ether oxygens (including phenoxy) is 2. The lowest BCUT2D eigenvalue weighted by atomic mass is 10.1. The molecule has 0 saturated carbocycles. The first kappa shape index (κ1) is 20.6. The van der Waals surface area contributed by atoms with Crippen LogP contribution in [-0.4, -0.2) is 49.0 Å². The fourth-order valence-electron chi connectivity index (χ4n) is 2.68. The number of carbonyl (C=O) groups is 2. The number of nitrogens with zero attached hydrogens (tertiary/aromatic N) is 2. The van der Waals surface area contributed by atoms with E-state index in [0.29, 0.717) is 17.1 Å². The fourth-order valence-corrected chi connectivity index (χ4v) is 2.68. The van der Waals surface area contributed by atoms with E-state index < -0.39 is 11.8 Å². The minimum Gasteiger partial charge on any atom is -0.493 e. The van der Waals surface area contributed by atoms with Crippen LogP contribution in [0.3, 0.4) is 0 Å². The van der Waals surface area contributed by atoms with E-state index in [-0.39, 0.29) is 6.54 Å². The van der Waals surface area contributed by atoms with Gasteiger partial charge >= 0.3 is 0 Å². The first-order valence-corrected chi connectivity index (χ1v) is 9.03. The van der Waals surface area contributed by atoms with E-state index >= 15 is 0 Å². The Kier molecular flexibility index (Phi) is 6.78. The summed E-state index contributed by atoms with van der Waals surface area (Å²) < 4.78 is 10.3. The van der Waals surface area contributed by atoms with Crippen molar-refractivity contribution in [2.24, 2.45) is 5.10 Å². The summed E-state index contributed by atoms with van der Waals surface area (Å²) in [5.74, 6) is 0.0462. The van der Waals surface area contributed by atoms with Crippen molar-refractivity contribution in [3.63, 3.8) is 0 Å². The van der Waals surface area contributed by atoms with Crippen LogP contribution in [0.15, 0.2) is 59.8 Å². The first-order chi connectivity index (χ1) is 14.6. The third-order valence-electron chi connectivity index (χ3n) is 4.18. The van der Waals surface area contributed by atoms with Crippen LogP contribution in [0, 0.1) is 0 Å². The van der Waals surface area contributed by atoms with Gasteiger partial charge in [0.2, 0.25) is 0 Å². The molecule has 0 saturated heterocycles. The molecule has 2 amide bonds. The number of rotatable bonds is 8. The average Bonchev–Trinajstić information content (AvgIpc) is 3.26. The van der Waals surface area contributed by atoms with Gasteiger partial charge in [-0.05, 0) is 18.2 Å². The van der Waals surface area contributed by atoms with Gasteiger partial charge in [0.1, 0.15) is 0 Å². The molecule has 1 heterocycles. The van der Waals surface area contributed by atoms with Crippen molar-refractivity contribution < 1.29 is 19.1 Å². The summed E-state index contributed by atoms with van der Waals surface area (Å²) in [6.45, 7) is -0.235. The lowest BCUT2D eigenvalue weighted by Gasteiger charge is -2.09. The van der Waals surface area contributed by atoms with Crippen LogP contribution >= 0.6 is 0 Å². The number of H-pyrrole nitrogens is 1. The Labute approximate surface area is 173 Å². The van der Waals surface area contributed by atoms with Gasteiger partial charge in [-0.2, -0.15) is 10.2 Å². The third kappa shape index (κ3) is 5.02. The predicted octanol–water partition coefficient (Wildman–Crippen LogP) is 1.97. The molecule has 9 heteroatoms. The van der Waals surface area contributed by atoms with Crippen LogP contribution in [0.25, 0.3) is 11.3 Å². The van der Waals surface area contributed by atoms with Crippen molar-refractivity contribution in [2.45, 2.75) is 0 Å². The molecule has 1 aromatic heterocycles. The predicted molar refractivity (Wildman–Crippen MR) is 112 cm³/mol. The van der Waals surface area contributed by atoms with Crippen molar-refractivity contribution in [3.8, 4) is 22.8 Å². The van der Waals surface area contributed by atoms with Crippen LogP contribution in [-0.2, 0) is 4.79 Å². The van der Waals surface area contributed by atoms with Gasteiger partial charge in [0, 0.05) is 16.7 Å². The first-order valence-electron chi connectivity index (χ1n) is 9.03. The molecule has 0 unspecified atom stereocenters. The molecule has 0 aliphatic heterocycles. The molecule has 0 aliphatic carbocycles. The Balaban J connectivity index is 1.53. The zero-order chi connectivity index (χ0) is 21.3. The molecule has 0 fully saturated rings. The zero-order valence-corrected chi connectivity index (χ0v) is 16.5. The second-order valence-corrected chi connectivity index (χ2v) is 6.11. The third-order valence-corrected chi connectivity index (χ3v) is 4.18. The lowest BCUT2D eigenvalue weighted by molar-refractivity contribution is -0.120. The number of amides is 2. The molecule has 0 aliphatic rings. The van der Waals surface area contributed by atoms with Crippen LogP contribution < -0.4 is 20.2 Å². The molecule has 0 atom stereocenters. The zero-order valence-electron chi connectivity index (χ0n) is 16.5. The number of methoxy groups -OCH3 is 2. The smallest absolute Gasteiger partial charge is 0.259 e. The van der Waals surface area contributed by atoms with Crippen LogP contribution in [0.5, 0.6) is 11.5 Å². The highest BCUT2D eigenvalue weighted by atomic mass is 16.5. The molecule has 0 bridgehead atoms. The molecule has 154 valence electrons. The quantitative estimate of drug-likeness (QED) is 0.390. The Hall–Kier alpha value is -4.14. The van der Waals surface area contributed by atoms with Gasteiger partial charge < -0.3 is 14.8 Å². The van der Waals surface area contributed by atoms with Gasteiger partial charge in [0.15, 0.2) is 11.5 Å². The standard InChI is InChI=1S/C21H21N5O4/c1-29-17-9-8-15(10-18(17)30-2)21(28)22-13-19(27)25-23-11-16-12-24-26-20(16)14-6-4-3-5-7-14/h3-12H,13H2,1-2H3,(H,22,28)(H,24,26)(H,25,27)/b23-11+. The molecule has 2 aromatic carbocycles. The number of hydrazone groups is 1. The van der Waals surface area contributed by atoms with Gasteiger partial charge in [-0.25, -0.2) is 5.43 Å². The molecule has 3 rings (SSSR count). The van der Waals surface area contributed by atoms with Crippen LogP contribution in [0.4, 0.5) is 0 Å². The summed E-state index contributed by atoms with van der Waals surface area (Å²) in [6, 6.07) is 14.4. The summed E-state index contributed by atoms with van der Waals surface area (Å²) >= 11 is 0. The summed E-state index contributed by atoms with van der Waals surface area (Å²) in [6.07, 6.45) is 3.09. The van der Waals surface area contributed by atoms with Crippen LogP contribution in [0.2, 0.25) is 0 Å². The number of benzene rings is 2. The van der Waals surface area contributed by atoms with Crippen molar-refractivity contribution in [1.82, 2.24) is 20.9 Å². The van der Waals surface area contributed by atoms with Gasteiger partial charge in [0.05, 0.1) is 38.9 Å². The van der Waals surface area contributed by atoms with E-state index in [9.17, 15) is 9.59 Å². The summed E-state index contributed by atoms with van der Waals surface area (Å²) in [5.41, 5.74) is 5.17. The topological polar surface area (TPSA) is 118 Å². The number of hydrogen-bond acceptors (Lipinski definition) is 6. The van der Waals surface area contributed by atoms with E-state index in [1.54, 1.807) is 18.3 Å². The molecule has 9 nitrogen and oxygen atoms in total. The van der Waals surface area contributed by atoms with Crippen molar-refractivity contribution in [3.05, 3.63) is 65.9 Å². The molecular formula is C21H21N5O4. The number of aromatic amines is 1. The molecule has 0 spiro atoms. The second kappa shape index (κ2) is 9.87. The molecule has 30 heavy (non-hydrogen) atoms. The Morgan fingerprint density at radius 2 is 1.87 bits per heavy atom.